The van der Waals surface area contributed by atoms with Gasteiger partial charge in [-0.3, -0.25) is 22.6 Å². The molecule has 0 unspecified atom stereocenters. The molecule has 0 aromatic rings. The highest BCUT2D eigenvalue weighted by Crippen LogP contribution is 2.53. The monoisotopic (exact) mass is 784 g/mol. The molecule has 31 heteroatoms. The van der Waals surface area contributed by atoms with Crippen LogP contribution in [0, 0.1) is 0 Å². The highest BCUT2D eigenvalue weighted by Gasteiger charge is 2.59. The lowest BCUT2D eigenvalue weighted by Gasteiger charge is -2.25. The molecule has 0 aliphatic rings. The average Bonchev–Trinajstić information content (AvgIpc) is 2.87. The second-order valence-corrected chi connectivity index (χ2v) is 10.9. The number of phosphoric acid groups is 2. The summed E-state index contributed by atoms with van der Waals surface area (Å²) in [5.74, 6) is -25.9. The van der Waals surface area contributed by atoms with Gasteiger partial charge in [0.15, 0.2) is 0 Å². The van der Waals surface area contributed by atoms with Crippen LogP contribution < -0.4 is 0 Å². The number of halogens is 21. The van der Waals surface area contributed by atoms with E-state index in [2.05, 4.69) is 22.6 Å². The molecule has 0 heterocycles. The van der Waals surface area contributed by atoms with Gasteiger partial charge in [-0.1, -0.05) is 0 Å². The van der Waals surface area contributed by atoms with Crippen molar-refractivity contribution in [2.75, 3.05) is 33.0 Å². The molecular formula is C15H15F21O8P2. The third-order valence-corrected chi connectivity index (χ3v) is 6.01. The van der Waals surface area contributed by atoms with Crippen molar-refractivity contribution >= 4 is 15.6 Å². The first-order valence-corrected chi connectivity index (χ1v) is 13.3. The molecule has 0 aliphatic carbocycles. The average molecular weight is 784 g/mol. The summed E-state index contributed by atoms with van der Waals surface area (Å²) in [7, 11) is -11.9. The zero-order valence-electron chi connectivity index (χ0n) is 21.0. The van der Waals surface area contributed by atoms with Gasteiger partial charge in [0.25, 0.3) is 0 Å². The second-order valence-electron chi connectivity index (χ2n) is 7.73. The van der Waals surface area contributed by atoms with E-state index in [-0.39, 0.29) is 0 Å². The van der Waals surface area contributed by atoms with E-state index < -0.39 is 110 Å². The molecule has 0 saturated carbocycles. The number of alkyl halides is 21. The van der Waals surface area contributed by atoms with E-state index in [9.17, 15) is 101 Å². The number of hydrogen-bond donors (Lipinski definition) is 1. The molecule has 1 N–H and O–H groups in total. The van der Waals surface area contributed by atoms with Gasteiger partial charge in [-0.05, 0) is 0 Å². The molecule has 0 bridgehead atoms. The zero-order chi connectivity index (χ0) is 37.4. The fraction of sp³-hybridized carbons (Fsp3) is 1.00. The third kappa shape index (κ3) is 16.7. The summed E-state index contributed by atoms with van der Waals surface area (Å²) >= 11 is 0. The quantitative estimate of drug-likeness (QED) is 0.104. The van der Waals surface area contributed by atoms with Gasteiger partial charge in [-0.2, -0.15) is 57.1 Å². The summed E-state index contributed by atoms with van der Waals surface area (Å²) in [6, 6.07) is 0. The molecule has 0 spiro atoms. The maximum Gasteiger partial charge on any atom is 0.475 e. The van der Waals surface area contributed by atoms with Gasteiger partial charge in [0, 0.05) is 0 Å². The van der Waals surface area contributed by atoms with Crippen molar-refractivity contribution in [2.45, 2.75) is 61.5 Å². The van der Waals surface area contributed by atoms with E-state index in [0.717, 1.165) is 0 Å². The summed E-state index contributed by atoms with van der Waals surface area (Å²) in [5, 5.41) is 0. The first-order valence-electron chi connectivity index (χ1n) is 10.3. The Labute approximate surface area is 240 Å². The van der Waals surface area contributed by atoms with Crippen molar-refractivity contribution in [3.8, 4) is 0 Å². The second kappa shape index (κ2) is 16.9. The SMILES string of the molecule is O=P(O)(OCC(F)(F)C(F)F)OCC(F)(F)C(F)F.O=P(OCC(F)(F)C(F)F)(OCC(F)(F)C(F)F)OCC(F)(F)C(F)(F)F. The maximum atomic E-state index is 12.6. The molecule has 0 amide bonds. The molecule has 46 heavy (non-hydrogen) atoms. The zero-order valence-corrected chi connectivity index (χ0v) is 22.8. The Morgan fingerprint density at radius 2 is 0.652 bits per heavy atom. The van der Waals surface area contributed by atoms with Crippen LogP contribution in [0.3, 0.4) is 0 Å². The molecule has 0 aromatic carbocycles. The fourth-order valence-electron chi connectivity index (χ4n) is 1.31. The summed E-state index contributed by atoms with van der Waals surface area (Å²) in [4.78, 5) is 8.56. The van der Waals surface area contributed by atoms with Crippen LogP contribution in [0.5, 0.6) is 0 Å². The van der Waals surface area contributed by atoms with E-state index in [1.54, 1.807) is 0 Å². The minimum absolute atomic E-state index is 2.31. The van der Waals surface area contributed by atoms with Crippen LogP contribution in [0.15, 0.2) is 0 Å². The molecule has 0 fully saturated rings. The van der Waals surface area contributed by atoms with Crippen molar-refractivity contribution in [1.82, 2.24) is 0 Å². The summed E-state index contributed by atoms with van der Waals surface area (Å²) in [5.41, 5.74) is 0. The molecule has 0 aliphatic heterocycles. The fourth-order valence-corrected chi connectivity index (χ4v) is 3.26. The van der Waals surface area contributed by atoms with Crippen LogP contribution in [-0.4, -0.2) is 99.4 Å². The van der Waals surface area contributed by atoms with E-state index >= 15 is 0 Å². The van der Waals surface area contributed by atoms with E-state index in [4.69, 9.17) is 4.89 Å². The molecule has 8 nitrogen and oxygen atoms in total. The first-order chi connectivity index (χ1) is 20.1. The highest BCUT2D eigenvalue weighted by atomic mass is 31.2. The van der Waals surface area contributed by atoms with E-state index in [1.807, 2.05) is 0 Å². The van der Waals surface area contributed by atoms with Gasteiger partial charge >= 0.3 is 77.1 Å². The predicted octanol–water partition coefficient (Wildman–Crippen LogP) is 8.06. The third-order valence-electron chi connectivity index (χ3n) is 3.77. The molecular weight excluding hydrogens is 769 g/mol. The normalized spacial score (nSPS) is 14.8. The highest BCUT2D eigenvalue weighted by molar-refractivity contribution is 7.48. The van der Waals surface area contributed by atoms with Gasteiger partial charge in [0.2, 0.25) is 0 Å². The van der Waals surface area contributed by atoms with E-state index in [0.29, 0.717) is 0 Å². The standard InChI is InChI=1S/C9H8F13O4P.C6H7F8O4P/c10-4(11)6(14,15)1-24-27(23,25-2-7(16,17)5(12)13)26-3-8(18,19)9(20,21)22;7-3(8)5(11,12)1-17-19(15,16)18-2-6(13,14)4(9)10/h4-5H,1-3H2;3-4H,1-2H2,(H,15,16). The van der Waals surface area contributed by atoms with Crippen LogP contribution in [0.25, 0.3) is 0 Å². The molecule has 0 atom stereocenters. The number of rotatable bonds is 19. The first kappa shape index (κ1) is 46.9. The Kier molecular flexibility index (Phi) is 17.2. The summed E-state index contributed by atoms with van der Waals surface area (Å²) in [6.07, 6.45) is -23.9. The van der Waals surface area contributed by atoms with Gasteiger partial charge in [0.05, 0.1) is 0 Å². The van der Waals surface area contributed by atoms with E-state index in [1.165, 1.54) is 0 Å². The lowest BCUT2D eigenvalue weighted by molar-refractivity contribution is -0.291. The Morgan fingerprint density at radius 1 is 0.435 bits per heavy atom. The Hall–Kier alpha value is -1.25. The summed E-state index contributed by atoms with van der Waals surface area (Å²) < 4.78 is 294. The van der Waals surface area contributed by atoms with Crippen LogP contribution >= 0.6 is 15.6 Å². The van der Waals surface area contributed by atoms with Crippen molar-refractivity contribution in [3.05, 3.63) is 0 Å². The minimum Gasteiger partial charge on any atom is -0.302 e. The topological polar surface area (TPSA) is 101 Å². The van der Waals surface area contributed by atoms with Gasteiger partial charge in [-0.15, -0.1) is 0 Å². The summed E-state index contributed by atoms with van der Waals surface area (Å²) in [6.45, 7) is -13.0. The number of hydrogen-bond acceptors (Lipinski definition) is 7. The van der Waals surface area contributed by atoms with Crippen LogP contribution in [0.4, 0.5) is 92.2 Å². The minimum atomic E-state index is -6.36. The van der Waals surface area contributed by atoms with Crippen LogP contribution in [-0.2, 0) is 31.7 Å². The largest absolute Gasteiger partial charge is 0.475 e. The Morgan fingerprint density at radius 3 is 0.870 bits per heavy atom. The van der Waals surface area contributed by atoms with Crippen LogP contribution in [0.1, 0.15) is 0 Å². The molecule has 0 saturated heterocycles. The van der Waals surface area contributed by atoms with Crippen LogP contribution in [0.2, 0.25) is 0 Å². The van der Waals surface area contributed by atoms with Crippen molar-refractivity contribution in [2.24, 2.45) is 0 Å². The maximum absolute atomic E-state index is 12.6. The Bertz CT molecular complexity index is 952. The molecule has 0 radical (unpaired) electrons. The van der Waals surface area contributed by atoms with Gasteiger partial charge in [-0.25, -0.2) is 44.3 Å². The smallest absolute Gasteiger partial charge is 0.302 e. The van der Waals surface area contributed by atoms with Crippen molar-refractivity contribution in [3.63, 3.8) is 0 Å². The number of phosphoric ester groups is 2. The lowest BCUT2D eigenvalue weighted by Crippen LogP contribution is -2.41. The van der Waals surface area contributed by atoms with Gasteiger partial charge in [0.1, 0.15) is 33.0 Å². The lowest BCUT2D eigenvalue weighted by atomic mass is 10.3. The molecule has 0 rings (SSSR count). The van der Waals surface area contributed by atoms with Gasteiger partial charge < -0.3 is 4.89 Å². The molecule has 0 aromatic heterocycles. The Balaban J connectivity index is 0. The predicted molar refractivity (Wildman–Crippen MR) is 102 cm³/mol. The molecule has 280 valence electrons. The van der Waals surface area contributed by atoms with Crippen molar-refractivity contribution < 1.29 is 129 Å². The van der Waals surface area contributed by atoms with Crippen molar-refractivity contribution in [1.29, 1.82) is 0 Å².